The number of aromatic nitrogens is 3. The van der Waals surface area contributed by atoms with E-state index in [1.807, 2.05) is 4.90 Å². The van der Waals surface area contributed by atoms with E-state index >= 15 is 0 Å². The second-order valence-electron chi connectivity index (χ2n) is 6.19. The number of rotatable bonds is 5. The number of methoxy groups -OCH3 is 1. The van der Waals surface area contributed by atoms with Crippen molar-refractivity contribution in [2.24, 2.45) is 5.92 Å². The molecule has 1 N–H and O–H groups in total. The number of aromatic amines is 1. The van der Waals surface area contributed by atoms with Gasteiger partial charge in [-0.05, 0) is 37.0 Å². The van der Waals surface area contributed by atoms with Crippen molar-refractivity contribution in [3.05, 3.63) is 23.2 Å². The van der Waals surface area contributed by atoms with Crippen LogP contribution in [0.4, 0.5) is 0 Å². The van der Waals surface area contributed by atoms with Gasteiger partial charge in [0.05, 0.1) is 18.4 Å². The molecule has 1 aromatic heterocycles. The van der Waals surface area contributed by atoms with Crippen LogP contribution in [0.25, 0.3) is 11.4 Å². The molecule has 1 aromatic carbocycles. The Morgan fingerprint density at radius 2 is 2.36 bits per heavy atom. The molecule has 3 rings (SSSR count). The number of piperidine rings is 1. The van der Waals surface area contributed by atoms with Gasteiger partial charge < -0.3 is 9.64 Å². The molecule has 2 aromatic rings. The molecule has 25 heavy (non-hydrogen) atoms. The number of nitrogens with one attached hydrogen (secondary N) is 1. The highest BCUT2D eigenvalue weighted by molar-refractivity contribution is 7.99. The molecule has 8 heteroatoms. The van der Waals surface area contributed by atoms with Gasteiger partial charge in [-0.15, -0.1) is 5.10 Å². The fourth-order valence-electron chi connectivity index (χ4n) is 2.93. The first-order valence-corrected chi connectivity index (χ1v) is 9.60. The third-order valence-corrected chi connectivity index (χ3v) is 5.28. The summed E-state index contributed by atoms with van der Waals surface area (Å²) in [6, 6.07) is 5.32. The zero-order valence-corrected chi connectivity index (χ0v) is 15.9. The molecular weight excluding hydrogens is 360 g/mol. The zero-order chi connectivity index (χ0) is 17.8. The fraction of sp³-hybridized carbons (Fsp3) is 0.471. The van der Waals surface area contributed by atoms with E-state index in [0.717, 1.165) is 25.1 Å². The van der Waals surface area contributed by atoms with Crippen LogP contribution in [0, 0.1) is 5.92 Å². The predicted octanol–water partition coefficient (Wildman–Crippen LogP) is 3.48. The first-order valence-electron chi connectivity index (χ1n) is 8.23. The minimum absolute atomic E-state index is 0.142. The van der Waals surface area contributed by atoms with Crippen molar-refractivity contribution in [1.82, 2.24) is 20.1 Å². The van der Waals surface area contributed by atoms with E-state index in [1.54, 1.807) is 25.3 Å². The van der Waals surface area contributed by atoms with Crippen LogP contribution in [0.3, 0.4) is 0 Å². The number of nitrogens with zero attached hydrogens (tertiary/aromatic N) is 3. The number of carbonyl (C=O) groups is 1. The highest BCUT2D eigenvalue weighted by Crippen LogP contribution is 2.31. The van der Waals surface area contributed by atoms with Crippen molar-refractivity contribution >= 4 is 29.3 Å². The Labute approximate surface area is 156 Å². The van der Waals surface area contributed by atoms with Gasteiger partial charge in [-0.2, -0.15) is 0 Å². The number of carbonyl (C=O) groups excluding carboxylic acids is 1. The van der Waals surface area contributed by atoms with E-state index in [1.165, 1.54) is 18.2 Å². The molecule has 2 heterocycles. The number of halogens is 1. The van der Waals surface area contributed by atoms with Crippen LogP contribution < -0.4 is 4.74 Å². The molecule has 1 aliphatic rings. The molecule has 0 radical (unpaired) electrons. The maximum atomic E-state index is 12.3. The number of hydrogen-bond acceptors (Lipinski definition) is 5. The van der Waals surface area contributed by atoms with Gasteiger partial charge in [-0.3, -0.25) is 9.89 Å². The topological polar surface area (TPSA) is 71.1 Å². The Bertz CT molecular complexity index is 752. The van der Waals surface area contributed by atoms with Crippen molar-refractivity contribution in [3.8, 4) is 17.1 Å². The molecule has 1 aliphatic heterocycles. The summed E-state index contributed by atoms with van der Waals surface area (Å²) >= 11 is 7.40. The Kier molecular flexibility index (Phi) is 5.86. The van der Waals surface area contributed by atoms with Crippen LogP contribution in [0.2, 0.25) is 5.02 Å². The lowest BCUT2D eigenvalue weighted by atomic mass is 10.0. The third-order valence-electron chi connectivity index (χ3n) is 4.22. The smallest absolute Gasteiger partial charge is 0.233 e. The van der Waals surface area contributed by atoms with Crippen molar-refractivity contribution in [2.75, 3.05) is 26.0 Å². The highest BCUT2D eigenvalue weighted by atomic mass is 35.5. The minimum Gasteiger partial charge on any atom is -0.496 e. The Morgan fingerprint density at radius 1 is 1.52 bits per heavy atom. The number of likely N-dealkylation sites (tertiary alicyclic amines) is 1. The number of amides is 1. The van der Waals surface area contributed by atoms with Crippen LogP contribution in [0.5, 0.6) is 5.75 Å². The van der Waals surface area contributed by atoms with Crippen molar-refractivity contribution in [1.29, 1.82) is 0 Å². The van der Waals surface area contributed by atoms with Gasteiger partial charge in [0.25, 0.3) is 0 Å². The monoisotopic (exact) mass is 380 g/mol. The molecule has 1 unspecified atom stereocenters. The van der Waals surface area contributed by atoms with E-state index in [4.69, 9.17) is 16.3 Å². The zero-order valence-electron chi connectivity index (χ0n) is 14.3. The number of thioether (sulfide) groups is 1. The summed E-state index contributed by atoms with van der Waals surface area (Å²) in [5, 5.41) is 8.21. The minimum atomic E-state index is 0.142. The third kappa shape index (κ3) is 4.46. The molecule has 1 saturated heterocycles. The average Bonchev–Trinajstić information content (AvgIpc) is 3.08. The number of H-pyrrole nitrogens is 1. The lowest BCUT2D eigenvalue weighted by Crippen LogP contribution is -2.40. The summed E-state index contributed by atoms with van der Waals surface area (Å²) in [7, 11) is 1.59. The first-order chi connectivity index (χ1) is 12.1. The van der Waals surface area contributed by atoms with Gasteiger partial charge in [0.15, 0.2) is 5.82 Å². The Morgan fingerprint density at radius 3 is 3.12 bits per heavy atom. The van der Waals surface area contributed by atoms with Gasteiger partial charge >= 0.3 is 0 Å². The summed E-state index contributed by atoms with van der Waals surface area (Å²) in [5.41, 5.74) is 0.741. The quantitative estimate of drug-likeness (QED) is 0.804. The Balaban J connectivity index is 1.64. The predicted molar refractivity (Wildman–Crippen MR) is 99.1 cm³/mol. The normalized spacial score (nSPS) is 17.6. The van der Waals surface area contributed by atoms with Crippen LogP contribution in [-0.4, -0.2) is 51.9 Å². The molecule has 134 valence electrons. The summed E-state index contributed by atoms with van der Waals surface area (Å²) in [6.07, 6.45) is 2.28. The summed E-state index contributed by atoms with van der Waals surface area (Å²) in [4.78, 5) is 18.7. The van der Waals surface area contributed by atoms with Crippen LogP contribution in [-0.2, 0) is 4.79 Å². The van der Waals surface area contributed by atoms with Crippen molar-refractivity contribution in [2.45, 2.75) is 24.9 Å². The number of benzene rings is 1. The van der Waals surface area contributed by atoms with Crippen molar-refractivity contribution in [3.63, 3.8) is 0 Å². The Hall–Kier alpha value is -1.73. The molecular formula is C17H21ClN4O2S. The summed E-state index contributed by atoms with van der Waals surface area (Å²) in [5.74, 6) is 2.30. The van der Waals surface area contributed by atoms with E-state index in [2.05, 4.69) is 22.1 Å². The van der Waals surface area contributed by atoms with Crippen molar-refractivity contribution < 1.29 is 9.53 Å². The van der Waals surface area contributed by atoms with Crippen LogP contribution >= 0.6 is 23.4 Å². The van der Waals surface area contributed by atoms with Crippen LogP contribution in [0.15, 0.2) is 23.4 Å². The van der Waals surface area contributed by atoms with E-state index in [-0.39, 0.29) is 5.91 Å². The molecule has 0 saturated carbocycles. The van der Waals surface area contributed by atoms with Gasteiger partial charge in [0.2, 0.25) is 11.1 Å². The molecule has 0 bridgehead atoms. The second-order valence-corrected chi connectivity index (χ2v) is 7.57. The van der Waals surface area contributed by atoms with Gasteiger partial charge in [-0.25, -0.2) is 4.98 Å². The first kappa shape index (κ1) is 18.1. The largest absolute Gasteiger partial charge is 0.496 e. The molecule has 0 spiro atoms. The molecule has 6 nitrogen and oxygen atoms in total. The maximum absolute atomic E-state index is 12.3. The summed E-state index contributed by atoms with van der Waals surface area (Å²) in [6.45, 7) is 3.88. The van der Waals surface area contributed by atoms with Crippen LogP contribution in [0.1, 0.15) is 19.8 Å². The maximum Gasteiger partial charge on any atom is 0.233 e. The number of ether oxygens (including phenoxy) is 1. The van der Waals surface area contributed by atoms with Gasteiger partial charge in [0, 0.05) is 18.1 Å². The molecule has 1 fully saturated rings. The van der Waals surface area contributed by atoms with Gasteiger partial charge in [-0.1, -0.05) is 30.3 Å². The second kappa shape index (κ2) is 8.10. The SMILES string of the molecule is COc1ccc(Cl)cc1-c1nc(SCC(=O)N2CCCC(C)C2)n[nH]1. The van der Waals surface area contributed by atoms with E-state index < -0.39 is 0 Å². The highest BCUT2D eigenvalue weighted by Gasteiger charge is 2.21. The lowest BCUT2D eigenvalue weighted by Gasteiger charge is -2.30. The molecule has 1 atom stereocenters. The van der Waals surface area contributed by atoms with Gasteiger partial charge in [0.1, 0.15) is 5.75 Å². The number of hydrogen-bond donors (Lipinski definition) is 1. The lowest BCUT2D eigenvalue weighted by molar-refractivity contribution is -0.130. The average molecular weight is 381 g/mol. The summed E-state index contributed by atoms with van der Waals surface area (Å²) < 4.78 is 5.34. The standard InChI is InChI=1S/C17H21ClN4O2S/c1-11-4-3-7-22(9-11)15(23)10-25-17-19-16(20-21-17)13-8-12(18)5-6-14(13)24-2/h5-6,8,11H,3-4,7,9-10H2,1-2H3,(H,19,20,21). The fourth-order valence-corrected chi connectivity index (χ4v) is 3.80. The molecule has 0 aliphatic carbocycles. The molecule has 1 amide bonds. The van der Waals surface area contributed by atoms with E-state index in [0.29, 0.717) is 33.4 Å². The van der Waals surface area contributed by atoms with E-state index in [9.17, 15) is 4.79 Å².